The standard InChI is InChI=1S/C13H14O5/c1-2-7-10-13(18-11(7)15)4-3-6-5-8(14)16-12(17-10)9(6)13/h2-4,6,8-10,12,14H,5H2,1H3/b7-2+/t6-,8+,9-,10+,12-,13+/m0/s1. The predicted octanol–water partition coefficient (Wildman–Crippen LogP) is 0.494. The van der Waals surface area contributed by atoms with E-state index in [0.29, 0.717) is 12.0 Å². The second kappa shape index (κ2) is 3.23. The number of ether oxygens (including phenoxy) is 3. The highest BCUT2D eigenvalue weighted by molar-refractivity contribution is 5.93. The summed E-state index contributed by atoms with van der Waals surface area (Å²) < 4.78 is 16.8. The first kappa shape index (κ1) is 10.7. The quantitative estimate of drug-likeness (QED) is 0.385. The van der Waals surface area contributed by atoms with Gasteiger partial charge in [-0.2, -0.15) is 0 Å². The molecule has 6 atom stereocenters. The molecule has 0 radical (unpaired) electrons. The molecule has 5 heteroatoms. The van der Waals surface area contributed by atoms with E-state index in [1.54, 1.807) is 13.0 Å². The van der Waals surface area contributed by atoms with Crippen molar-refractivity contribution in [2.45, 2.75) is 37.6 Å². The molecule has 5 nitrogen and oxygen atoms in total. The SMILES string of the molecule is C/C=C1/C(=O)O[C@@]23C=C[C@H]4C[C@H](O)O[C@@H](O[C@H]12)[C@H]43. The number of esters is 1. The van der Waals surface area contributed by atoms with Crippen LogP contribution in [0.15, 0.2) is 23.8 Å². The number of rotatable bonds is 0. The number of carbonyl (C=O) groups excluding carboxylic acids is 1. The van der Waals surface area contributed by atoms with Crippen molar-refractivity contribution in [2.24, 2.45) is 11.8 Å². The van der Waals surface area contributed by atoms with Gasteiger partial charge in [-0.3, -0.25) is 0 Å². The van der Waals surface area contributed by atoms with Gasteiger partial charge in [0.05, 0.1) is 11.5 Å². The minimum atomic E-state index is -0.806. The molecule has 4 aliphatic rings. The Bertz CT molecular complexity index is 482. The van der Waals surface area contributed by atoms with Gasteiger partial charge < -0.3 is 19.3 Å². The molecule has 0 amide bonds. The number of hydrogen-bond acceptors (Lipinski definition) is 5. The van der Waals surface area contributed by atoms with E-state index < -0.39 is 24.3 Å². The highest BCUT2D eigenvalue weighted by Gasteiger charge is 2.69. The third-order valence-corrected chi connectivity index (χ3v) is 4.42. The second-order valence-corrected chi connectivity index (χ2v) is 5.25. The molecule has 0 bridgehead atoms. The maximum atomic E-state index is 11.8. The summed E-state index contributed by atoms with van der Waals surface area (Å²) >= 11 is 0. The summed E-state index contributed by atoms with van der Waals surface area (Å²) in [6.07, 6.45) is 4.49. The van der Waals surface area contributed by atoms with Gasteiger partial charge in [-0.25, -0.2) is 4.79 Å². The predicted molar refractivity (Wildman–Crippen MR) is 59.1 cm³/mol. The van der Waals surface area contributed by atoms with Crippen LogP contribution >= 0.6 is 0 Å². The van der Waals surface area contributed by atoms with Crippen molar-refractivity contribution in [2.75, 3.05) is 0 Å². The van der Waals surface area contributed by atoms with Gasteiger partial charge >= 0.3 is 5.97 Å². The first-order chi connectivity index (χ1) is 8.65. The van der Waals surface area contributed by atoms with Gasteiger partial charge in [0.15, 0.2) is 18.2 Å². The van der Waals surface area contributed by atoms with Crippen molar-refractivity contribution in [3.63, 3.8) is 0 Å². The number of allylic oxidation sites excluding steroid dienone is 2. The Morgan fingerprint density at radius 1 is 1.50 bits per heavy atom. The minimum Gasteiger partial charge on any atom is -0.448 e. The lowest BCUT2D eigenvalue weighted by molar-refractivity contribution is -0.263. The van der Waals surface area contributed by atoms with Crippen LogP contribution in [0.1, 0.15) is 13.3 Å². The van der Waals surface area contributed by atoms with E-state index in [2.05, 4.69) is 0 Å². The summed E-state index contributed by atoms with van der Waals surface area (Å²) in [5, 5.41) is 9.65. The Labute approximate surface area is 104 Å². The molecule has 1 N–H and O–H groups in total. The van der Waals surface area contributed by atoms with E-state index >= 15 is 0 Å². The van der Waals surface area contributed by atoms with Gasteiger partial charge in [0.1, 0.15) is 6.10 Å². The molecular formula is C13H14O5. The zero-order valence-corrected chi connectivity index (χ0v) is 9.91. The van der Waals surface area contributed by atoms with E-state index in [1.165, 1.54) is 0 Å². The van der Waals surface area contributed by atoms with Gasteiger partial charge in [-0.05, 0) is 18.9 Å². The van der Waals surface area contributed by atoms with Crippen molar-refractivity contribution < 1.29 is 24.1 Å². The number of hydrogen-bond donors (Lipinski definition) is 1. The number of carbonyl (C=O) groups is 1. The Hall–Kier alpha value is -1.17. The fourth-order valence-electron chi connectivity index (χ4n) is 3.69. The largest absolute Gasteiger partial charge is 0.448 e. The molecule has 18 heavy (non-hydrogen) atoms. The Morgan fingerprint density at radius 2 is 2.33 bits per heavy atom. The third-order valence-electron chi connectivity index (χ3n) is 4.42. The van der Waals surface area contributed by atoms with E-state index in [9.17, 15) is 9.90 Å². The monoisotopic (exact) mass is 250 g/mol. The number of aliphatic hydroxyl groups is 1. The van der Waals surface area contributed by atoms with Crippen molar-refractivity contribution in [1.82, 2.24) is 0 Å². The Morgan fingerprint density at radius 3 is 3.11 bits per heavy atom. The molecule has 0 unspecified atom stereocenters. The van der Waals surface area contributed by atoms with E-state index in [1.807, 2.05) is 12.2 Å². The maximum Gasteiger partial charge on any atom is 0.337 e. The van der Waals surface area contributed by atoms with Crippen molar-refractivity contribution in [3.8, 4) is 0 Å². The van der Waals surface area contributed by atoms with Crippen LogP contribution in [0.4, 0.5) is 0 Å². The fourth-order valence-corrected chi connectivity index (χ4v) is 3.69. The van der Waals surface area contributed by atoms with Crippen LogP contribution in [0.2, 0.25) is 0 Å². The van der Waals surface area contributed by atoms with Gasteiger partial charge in [-0.15, -0.1) is 0 Å². The topological polar surface area (TPSA) is 65.0 Å². The first-order valence-electron chi connectivity index (χ1n) is 6.23. The van der Waals surface area contributed by atoms with E-state index in [0.717, 1.165) is 0 Å². The molecule has 0 aromatic rings. The van der Waals surface area contributed by atoms with Gasteiger partial charge in [-0.1, -0.05) is 12.2 Å². The molecule has 0 aromatic heterocycles. The molecular weight excluding hydrogens is 236 g/mol. The first-order valence-corrected chi connectivity index (χ1v) is 6.23. The van der Waals surface area contributed by atoms with Crippen molar-refractivity contribution >= 4 is 5.97 Å². The summed E-state index contributed by atoms with van der Waals surface area (Å²) in [6.45, 7) is 1.80. The molecule has 1 spiro atoms. The zero-order chi connectivity index (χ0) is 12.5. The molecule has 3 heterocycles. The summed E-state index contributed by atoms with van der Waals surface area (Å²) in [5.74, 6) is -0.197. The van der Waals surface area contributed by atoms with Crippen molar-refractivity contribution in [3.05, 3.63) is 23.8 Å². The Balaban J connectivity index is 1.80. The molecule has 1 aliphatic carbocycles. The second-order valence-electron chi connectivity index (χ2n) is 5.25. The lowest BCUT2D eigenvalue weighted by Crippen LogP contribution is -2.45. The molecule has 4 rings (SSSR count). The van der Waals surface area contributed by atoms with Gasteiger partial charge in [0.2, 0.25) is 0 Å². The average molecular weight is 250 g/mol. The van der Waals surface area contributed by atoms with Crippen LogP contribution < -0.4 is 0 Å². The smallest absolute Gasteiger partial charge is 0.337 e. The molecule has 3 fully saturated rings. The lowest BCUT2D eigenvalue weighted by atomic mass is 9.80. The van der Waals surface area contributed by atoms with Crippen LogP contribution in [0, 0.1) is 11.8 Å². The molecule has 3 aliphatic heterocycles. The van der Waals surface area contributed by atoms with E-state index in [-0.39, 0.29) is 17.8 Å². The Kier molecular flexibility index (Phi) is 1.92. The van der Waals surface area contributed by atoms with Gasteiger partial charge in [0, 0.05) is 6.42 Å². The summed E-state index contributed by atoms with van der Waals surface area (Å²) in [6, 6.07) is 0. The highest BCUT2D eigenvalue weighted by Crippen LogP contribution is 2.57. The molecule has 96 valence electrons. The van der Waals surface area contributed by atoms with Crippen LogP contribution in [0.5, 0.6) is 0 Å². The normalized spacial score (nSPS) is 54.7. The minimum absolute atomic E-state index is 0.0349. The molecule has 0 aromatic carbocycles. The van der Waals surface area contributed by atoms with Gasteiger partial charge in [0.25, 0.3) is 0 Å². The van der Waals surface area contributed by atoms with E-state index in [4.69, 9.17) is 14.2 Å². The zero-order valence-electron chi connectivity index (χ0n) is 9.91. The summed E-state index contributed by atoms with van der Waals surface area (Å²) in [4.78, 5) is 11.8. The van der Waals surface area contributed by atoms with Crippen LogP contribution in [-0.4, -0.2) is 35.4 Å². The average Bonchev–Trinajstić information content (AvgIpc) is 2.89. The fraction of sp³-hybridized carbons (Fsp3) is 0.615. The lowest BCUT2D eigenvalue weighted by Gasteiger charge is -2.35. The van der Waals surface area contributed by atoms with Crippen LogP contribution in [0.25, 0.3) is 0 Å². The molecule has 0 saturated carbocycles. The summed E-state index contributed by atoms with van der Waals surface area (Å²) in [7, 11) is 0. The van der Waals surface area contributed by atoms with Crippen LogP contribution in [0.3, 0.4) is 0 Å². The number of aliphatic hydroxyl groups excluding tert-OH is 1. The molecule has 3 saturated heterocycles. The third kappa shape index (κ3) is 1.06. The van der Waals surface area contributed by atoms with Crippen molar-refractivity contribution in [1.29, 1.82) is 0 Å². The highest BCUT2D eigenvalue weighted by atomic mass is 16.8. The van der Waals surface area contributed by atoms with Crippen LogP contribution in [-0.2, 0) is 19.0 Å². The summed E-state index contributed by atoms with van der Waals surface area (Å²) in [5.41, 5.74) is -0.165. The maximum absolute atomic E-state index is 11.8.